The summed E-state index contributed by atoms with van der Waals surface area (Å²) in [6.45, 7) is 10.4. The normalized spacial score (nSPS) is 17.6. The molecule has 0 spiro atoms. The van der Waals surface area contributed by atoms with Crippen LogP contribution >= 0.6 is 22.7 Å². The lowest BCUT2D eigenvalue weighted by Crippen LogP contribution is -2.58. The van der Waals surface area contributed by atoms with E-state index in [1.165, 1.54) is 102 Å². The van der Waals surface area contributed by atoms with Gasteiger partial charge in [0.2, 0.25) is 0 Å². The van der Waals surface area contributed by atoms with E-state index in [4.69, 9.17) is 9.47 Å². The number of hydrogen-bond donors (Lipinski definition) is 0. The molecule has 0 bridgehead atoms. The van der Waals surface area contributed by atoms with E-state index in [9.17, 15) is 0 Å². The predicted molar refractivity (Wildman–Crippen MR) is 286 cm³/mol. The molecular formula is C60H49BN2O2S2. The van der Waals surface area contributed by atoms with Crippen LogP contribution in [0.5, 0.6) is 0 Å². The predicted octanol–water partition coefficient (Wildman–Crippen LogP) is 14.8. The monoisotopic (exact) mass is 904 g/mol. The van der Waals surface area contributed by atoms with Crippen LogP contribution in [-0.4, -0.2) is 32.1 Å². The summed E-state index contributed by atoms with van der Waals surface area (Å²) in [7, 11) is 0. The van der Waals surface area contributed by atoms with Gasteiger partial charge in [0.15, 0.2) is 0 Å². The van der Waals surface area contributed by atoms with E-state index in [-0.39, 0.29) is 24.3 Å². The number of hydrogen-bond acceptors (Lipinski definition) is 6. The summed E-state index contributed by atoms with van der Waals surface area (Å²) in [5.41, 5.74) is 18.2. The molecule has 2 atom stereocenters. The van der Waals surface area contributed by atoms with Gasteiger partial charge in [-0.15, -0.1) is 22.7 Å². The van der Waals surface area contributed by atoms with Crippen LogP contribution in [0.3, 0.4) is 0 Å². The SMILES string of the molecule is Cc1cc2c3c(c1)N(c1cccc(-c4cc5ccccc5s4)c1)c1cc(-c4cc5ccccc5s4)ccc1B3C1=C(C3OCCCOC3C=C1)N2c1ccc(C(C)(C)C)cc1-c1ccccc1. The fourth-order valence-electron chi connectivity index (χ4n) is 10.9. The van der Waals surface area contributed by atoms with Crippen LogP contribution < -0.4 is 20.7 Å². The molecule has 0 N–H and O–H groups in total. The molecule has 9 aromatic rings. The van der Waals surface area contributed by atoms with Gasteiger partial charge in [-0.25, -0.2) is 0 Å². The zero-order chi connectivity index (χ0) is 45.0. The van der Waals surface area contributed by atoms with Crippen molar-refractivity contribution in [1.29, 1.82) is 0 Å². The van der Waals surface area contributed by atoms with Crippen molar-refractivity contribution >= 4 is 88.9 Å². The van der Waals surface area contributed by atoms with Crippen LogP contribution in [0.4, 0.5) is 28.4 Å². The van der Waals surface area contributed by atoms with E-state index in [2.05, 4.69) is 213 Å². The standard InChI is InChI=1S/C60H49BN2O2S2/c1-37-30-50-57-51(31-37)63(48-26-23-43(60(2,3)4)36-45(48)38-14-6-5-7-15-38)58-47(25-27-52-59(58)65-29-13-28-64-52)61(57)46-24-22-42(56-35-41-17-9-11-21-54(41)67-56)33-49(46)62(50)44-19-12-18-39(32-44)55-34-40-16-8-10-20-53(40)66-55/h5-12,14-27,30-36,52,59H,13,28-29H2,1-4H3. The molecule has 4 aliphatic rings. The fourth-order valence-corrected chi connectivity index (χ4v) is 13.1. The molecule has 3 aliphatic heterocycles. The lowest BCUT2D eigenvalue weighted by molar-refractivity contribution is 0.00660. The molecule has 7 aromatic carbocycles. The van der Waals surface area contributed by atoms with Gasteiger partial charge < -0.3 is 19.3 Å². The Labute approximate surface area is 401 Å². The summed E-state index contributed by atoms with van der Waals surface area (Å²) >= 11 is 3.73. The Morgan fingerprint density at radius 2 is 1.25 bits per heavy atom. The first kappa shape index (κ1) is 40.8. The number of anilines is 5. The molecule has 4 nitrogen and oxygen atoms in total. The first-order chi connectivity index (χ1) is 32.7. The number of rotatable bonds is 5. The number of allylic oxidation sites excluding steroid dienone is 2. The Balaban J connectivity index is 1.09. The number of fused-ring (bicyclic) bond motifs is 7. The highest BCUT2D eigenvalue weighted by Gasteiger charge is 2.49. The van der Waals surface area contributed by atoms with E-state index in [1.54, 1.807) is 0 Å². The van der Waals surface area contributed by atoms with Gasteiger partial charge in [0.05, 0.1) is 11.4 Å². The van der Waals surface area contributed by atoms with E-state index in [0.717, 1.165) is 17.8 Å². The highest BCUT2D eigenvalue weighted by molar-refractivity contribution is 7.22. The third kappa shape index (κ3) is 6.77. The molecule has 0 amide bonds. The zero-order valence-electron chi connectivity index (χ0n) is 38.1. The topological polar surface area (TPSA) is 24.9 Å². The lowest BCUT2D eigenvalue weighted by atomic mass is 9.32. The Bertz CT molecular complexity index is 3440. The Morgan fingerprint density at radius 3 is 1.99 bits per heavy atom. The maximum Gasteiger partial charge on any atom is 0.251 e. The summed E-state index contributed by atoms with van der Waals surface area (Å²) in [6.07, 6.45) is 5.03. The zero-order valence-corrected chi connectivity index (χ0v) is 39.8. The summed E-state index contributed by atoms with van der Waals surface area (Å²) in [5, 5.41) is 2.55. The molecule has 0 saturated carbocycles. The second-order valence-corrected chi connectivity index (χ2v) is 21.6. The van der Waals surface area contributed by atoms with Crippen LogP contribution in [0.2, 0.25) is 0 Å². The maximum atomic E-state index is 7.02. The van der Waals surface area contributed by atoms with Crippen molar-refractivity contribution < 1.29 is 9.47 Å². The van der Waals surface area contributed by atoms with E-state index < -0.39 is 0 Å². The largest absolute Gasteiger partial charge is 0.371 e. The fraction of sp³-hybridized carbons (Fsp3) is 0.167. The summed E-state index contributed by atoms with van der Waals surface area (Å²) in [4.78, 5) is 7.68. The van der Waals surface area contributed by atoms with Crippen molar-refractivity contribution in [2.24, 2.45) is 0 Å². The van der Waals surface area contributed by atoms with Gasteiger partial charge in [-0.3, -0.25) is 0 Å². The van der Waals surface area contributed by atoms with Crippen LogP contribution in [0.15, 0.2) is 187 Å². The summed E-state index contributed by atoms with van der Waals surface area (Å²) in [6, 6.07) is 61.5. The molecule has 67 heavy (non-hydrogen) atoms. The van der Waals surface area contributed by atoms with Gasteiger partial charge in [-0.05, 0) is 140 Å². The lowest BCUT2D eigenvalue weighted by Gasteiger charge is -2.48. The molecule has 5 heterocycles. The Morgan fingerprint density at radius 1 is 0.582 bits per heavy atom. The number of nitrogens with zero attached hydrogens (tertiary/aromatic N) is 2. The van der Waals surface area contributed by atoms with Gasteiger partial charge in [0.25, 0.3) is 6.71 Å². The number of thiophene rings is 2. The van der Waals surface area contributed by atoms with Crippen molar-refractivity contribution in [3.8, 4) is 32.0 Å². The van der Waals surface area contributed by atoms with Gasteiger partial charge in [-0.1, -0.05) is 130 Å². The van der Waals surface area contributed by atoms with Crippen LogP contribution in [-0.2, 0) is 14.9 Å². The minimum atomic E-state index is -0.289. The van der Waals surface area contributed by atoms with Crippen molar-refractivity contribution in [2.45, 2.75) is 51.7 Å². The highest BCUT2D eigenvalue weighted by atomic mass is 32.1. The van der Waals surface area contributed by atoms with Crippen molar-refractivity contribution in [3.05, 3.63) is 198 Å². The van der Waals surface area contributed by atoms with Crippen LogP contribution in [0, 0.1) is 6.92 Å². The van der Waals surface area contributed by atoms with Gasteiger partial charge in [0, 0.05) is 60.7 Å². The third-order valence-electron chi connectivity index (χ3n) is 14.1. The first-order valence-electron chi connectivity index (χ1n) is 23.6. The van der Waals surface area contributed by atoms with E-state index >= 15 is 0 Å². The third-order valence-corrected chi connectivity index (χ3v) is 16.5. The second-order valence-electron chi connectivity index (χ2n) is 19.5. The maximum absolute atomic E-state index is 7.02. The molecule has 2 aromatic heterocycles. The quantitative estimate of drug-likeness (QED) is 0.161. The average molecular weight is 905 g/mol. The molecule has 13 rings (SSSR count). The van der Waals surface area contributed by atoms with E-state index in [1.807, 2.05) is 22.7 Å². The Hall–Kier alpha value is -6.48. The molecular weight excluding hydrogens is 856 g/mol. The van der Waals surface area contributed by atoms with Crippen molar-refractivity contribution in [2.75, 3.05) is 23.0 Å². The van der Waals surface area contributed by atoms with Crippen molar-refractivity contribution in [1.82, 2.24) is 0 Å². The first-order valence-corrected chi connectivity index (χ1v) is 25.2. The molecule has 1 saturated heterocycles. The molecule has 7 heteroatoms. The molecule has 1 fully saturated rings. The number of benzene rings is 7. The average Bonchev–Trinajstić information content (AvgIpc) is 3.91. The molecule has 2 unspecified atom stereocenters. The summed E-state index contributed by atoms with van der Waals surface area (Å²) in [5.74, 6) is 0. The minimum Gasteiger partial charge on any atom is -0.371 e. The number of ether oxygens (including phenoxy) is 2. The van der Waals surface area contributed by atoms with Gasteiger partial charge in [0.1, 0.15) is 12.2 Å². The van der Waals surface area contributed by atoms with Crippen LogP contribution in [0.1, 0.15) is 38.3 Å². The molecule has 1 aliphatic carbocycles. The smallest absolute Gasteiger partial charge is 0.251 e. The molecule has 0 radical (unpaired) electrons. The number of aryl methyl sites for hydroxylation is 1. The van der Waals surface area contributed by atoms with E-state index in [0.29, 0.717) is 13.2 Å². The minimum absolute atomic E-state index is 0.0395. The Kier molecular flexibility index (Phi) is 9.63. The van der Waals surface area contributed by atoms with Gasteiger partial charge in [-0.2, -0.15) is 0 Å². The highest BCUT2D eigenvalue weighted by Crippen LogP contribution is 2.51. The van der Waals surface area contributed by atoms with Crippen molar-refractivity contribution in [3.63, 3.8) is 0 Å². The van der Waals surface area contributed by atoms with Gasteiger partial charge >= 0.3 is 0 Å². The summed E-state index contributed by atoms with van der Waals surface area (Å²) < 4.78 is 16.3. The second kappa shape index (κ2) is 15.8. The molecule has 326 valence electrons. The van der Waals surface area contributed by atoms with Crippen LogP contribution in [0.25, 0.3) is 52.2 Å².